The summed E-state index contributed by atoms with van der Waals surface area (Å²) in [6.07, 6.45) is 15.2. The van der Waals surface area contributed by atoms with Crippen LogP contribution in [0, 0.1) is 24.7 Å². The van der Waals surface area contributed by atoms with Crippen LogP contribution in [0.4, 0.5) is 11.8 Å². The zero-order valence-electron chi connectivity index (χ0n) is 42.6. The maximum Gasteiger partial charge on any atom is 0.311 e. The third-order valence-electron chi connectivity index (χ3n) is 14.1. The van der Waals surface area contributed by atoms with Crippen LogP contribution in [0.5, 0.6) is 5.75 Å². The lowest BCUT2D eigenvalue weighted by Gasteiger charge is -2.47. The Hall–Kier alpha value is -4.82. The summed E-state index contributed by atoms with van der Waals surface area (Å²) in [6.45, 7) is 9.02. The number of thioether (sulfide) groups is 1. The summed E-state index contributed by atoms with van der Waals surface area (Å²) in [4.78, 5) is 70.1. The number of nitrogens with two attached hydrogens (primary N) is 1. The van der Waals surface area contributed by atoms with Crippen molar-refractivity contribution in [3.63, 3.8) is 0 Å². The summed E-state index contributed by atoms with van der Waals surface area (Å²) < 4.78 is 13.4. The molecule has 2 aromatic carbocycles. The van der Waals surface area contributed by atoms with Crippen LogP contribution in [0.15, 0.2) is 71.9 Å². The molecular formula is C54H73N9O7S3. The molecule has 4 aromatic rings. The second kappa shape index (κ2) is 25.6. The number of fused-ring (bicyclic) bond motifs is 2. The molecule has 73 heavy (non-hydrogen) atoms. The molecule has 0 bridgehead atoms. The van der Waals surface area contributed by atoms with Gasteiger partial charge >= 0.3 is 11.9 Å². The largest absolute Gasteiger partial charge is 0.465 e. The number of nitrogens with one attached hydrogen (secondary N) is 3. The zero-order valence-corrected chi connectivity index (χ0v) is 45.1. The molecule has 1 saturated heterocycles. The van der Waals surface area contributed by atoms with E-state index in [1.165, 1.54) is 12.8 Å². The highest BCUT2D eigenvalue weighted by atomic mass is 33.1. The molecule has 0 radical (unpaired) electrons. The second-order valence-electron chi connectivity index (χ2n) is 21.1. The Morgan fingerprint density at radius 1 is 0.904 bits per heavy atom. The number of allylic oxidation sites excluding steroid dienone is 1. The van der Waals surface area contributed by atoms with Gasteiger partial charge in [0.15, 0.2) is 17.0 Å². The Kier molecular flexibility index (Phi) is 19.1. The first-order chi connectivity index (χ1) is 35.2. The number of aliphatic hydroxyl groups is 1. The number of amides is 2. The first-order valence-corrected chi connectivity index (χ1v) is 29.5. The van der Waals surface area contributed by atoms with Crippen molar-refractivity contribution in [1.82, 2.24) is 35.1 Å². The number of imidazole rings is 1. The van der Waals surface area contributed by atoms with Gasteiger partial charge in [-0.05, 0) is 109 Å². The van der Waals surface area contributed by atoms with Crippen molar-refractivity contribution in [3.05, 3.63) is 78.1 Å². The lowest BCUT2D eigenvalue weighted by Crippen LogP contribution is -2.60. The zero-order chi connectivity index (χ0) is 51.5. The maximum absolute atomic E-state index is 14.1. The third kappa shape index (κ3) is 15.6. The standard InChI is InChI=1S/C54H73N9O7S3/c1-34-41(51(67)58-42(32-71-40-15-6-5-7-16-40)44(64)30-62-29-37-14-9-8-13-36(37)28-43(62)52(68)61-54(2,3)4)17-10-18-45(34)70-47(66)20-12-26-73-72-25-11-19-46(65)69-31-35-21-24-39(27-35)63-33-56-48-49(57-38-22-23-38)59-53(55)60-50(48)63/h5-7,10,15-18,21,24,33,35-39,42-44,64H,8-9,11-14,19-20,22-23,25-32H2,1-4H3,(H,58,67)(H,61,68)(H3,55,57,59,60)/t35-,36+,37-,39?,42+,43+,44-/m1/s1. The molecule has 394 valence electrons. The van der Waals surface area contributed by atoms with Gasteiger partial charge in [-0.1, -0.05) is 77.3 Å². The molecule has 3 heterocycles. The molecule has 1 aliphatic heterocycles. The van der Waals surface area contributed by atoms with E-state index in [1.807, 2.05) is 55.7 Å². The van der Waals surface area contributed by atoms with Gasteiger partial charge < -0.3 is 40.8 Å². The lowest BCUT2D eigenvalue weighted by molar-refractivity contribution is -0.144. The number of aromatic nitrogens is 4. The molecule has 2 saturated carbocycles. The van der Waals surface area contributed by atoms with Gasteiger partial charge in [0.25, 0.3) is 5.91 Å². The van der Waals surface area contributed by atoms with Crippen molar-refractivity contribution in [3.8, 4) is 5.75 Å². The smallest absolute Gasteiger partial charge is 0.311 e. The molecule has 8 rings (SSSR count). The van der Waals surface area contributed by atoms with Gasteiger partial charge in [0, 0.05) is 76.7 Å². The van der Waals surface area contributed by atoms with Crippen molar-refractivity contribution in [2.24, 2.45) is 17.8 Å². The summed E-state index contributed by atoms with van der Waals surface area (Å²) in [5.74, 6) is 3.18. The fourth-order valence-corrected chi connectivity index (χ4v) is 13.3. The van der Waals surface area contributed by atoms with Gasteiger partial charge in [0.2, 0.25) is 11.9 Å². The van der Waals surface area contributed by atoms with Crippen LogP contribution in [0.3, 0.4) is 0 Å². The van der Waals surface area contributed by atoms with E-state index >= 15 is 0 Å². The van der Waals surface area contributed by atoms with Crippen LogP contribution >= 0.6 is 33.3 Å². The number of nitrogens with zero attached hydrogens (tertiary/aromatic N) is 5. The molecule has 7 atom stereocenters. The van der Waals surface area contributed by atoms with Crippen molar-refractivity contribution in [2.45, 2.75) is 145 Å². The van der Waals surface area contributed by atoms with Crippen molar-refractivity contribution < 1.29 is 33.8 Å². The van der Waals surface area contributed by atoms with E-state index in [2.05, 4.69) is 48.0 Å². The summed E-state index contributed by atoms with van der Waals surface area (Å²) in [5.41, 5.74) is 7.93. The normalized spacial score (nSPS) is 21.8. The van der Waals surface area contributed by atoms with Crippen LogP contribution in [-0.4, -0.2) is 120 Å². The van der Waals surface area contributed by atoms with Crippen LogP contribution in [0.1, 0.15) is 120 Å². The van der Waals surface area contributed by atoms with E-state index in [0.717, 1.165) is 61.5 Å². The highest BCUT2D eigenvalue weighted by Crippen LogP contribution is 2.39. The van der Waals surface area contributed by atoms with Crippen molar-refractivity contribution >= 4 is 80.0 Å². The quantitative estimate of drug-likeness (QED) is 0.0111. The van der Waals surface area contributed by atoms with E-state index in [9.17, 15) is 24.3 Å². The number of hydrogen-bond acceptors (Lipinski definition) is 16. The maximum atomic E-state index is 14.1. The number of β-amino-alcohol motifs (C(OH)–C–C–N with tert-alkyl or cyclic N) is 1. The van der Waals surface area contributed by atoms with Crippen LogP contribution < -0.4 is 26.4 Å². The summed E-state index contributed by atoms with van der Waals surface area (Å²) in [7, 11) is 3.32. The average Bonchev–Trinajstić information content (AvgIpc) is 3.87. The Morgan fingerprint density at radius 2 is 1.64 bits per heavy atom. The molecule has 2 amide bonds. The van der Waals surface area contributed by atoms with Gasteiger partial charge in [-0.15, -0.1) is 11.8 Å². The Morgan fingerprint density at radius 3 is 2.38 bits per heavy atom. The number of hydrogen-bond donors (Lipinski definition) is 5. The van der Waals surface area contributed by atoms with Crippen molar-refractivity contribution in [2.75, 3.05) is 48.0 Å². The fraction of sp³-hybridized carbons (Fsp3) is 0.574. The van der Waals surface area contributed by atoms with Crippen LogP contribution in [-0.2, 0) is 19.1 Å². The van der Waals surface area contributed by atoms with Gasteiger partial charge in [-0.3, -0.25) is 24.1 Å². The second-order valence-corrected chi connectivity index (χ2v) is 24.9. The van der Waals surface area contributed by atoms with Gasteiger partial charge in [-0.25, -0.2) is 4.98 Å². The molecule has 19 heteroatoms. The number of rotatable bonds is 24. The van der Waals surface area contributed by atoms with Crippen molar-refractivity contribution in [1.29, 1.82) is 0 Å². The average molecular weight is 1060 g/mol. The first-order valence-electron chi connectivity index (χ1n) is 26.1. The molecule has 4 aliphatic rings. The molecule has 0 spiro atoms. The Labute approximate surface area is 441 Å². The van der Waals surface area contributed by atoms with Crippen LogP contribution in [0.2, 0.25) is 0 Å². The van der Waals surface area contributed by atoms with E-state index in [-0.39, 0.29) is 66.2 Å². The summed E-state index contributed by atoms with van der Waals surface area (Å²) in [6, 6.07) is 14.4. The highest BCUT2D eigenvalue weighted by Gasteiger charge is 2.42. The van der Waals surface area contributed by atoms with E-state index in [1.54, 1.807) is 64.8 Å². The summed E-state index contributed by atoms with van der Waals surface area (Å²) >= 11 is 1.55. The number of likely N-dealkylation sites (tertiary alicyclic amines) is 1. The number of benzene rings is 2. The SMILES string of the molecule is Cc1c(OC(=O)CCCSSCCCC(=O)OC[C@@H]2C=CC(n3cnc4c(NC5CC5)nc(N)nc43)C2)cccc1C(=O)N[C@@H](CSc1ccccc1)[C@H](O)CN1C[C@H]2CCCC[C@H]2C[C@H]1C(=O)NC(C)(C)C. The minimum absolute atomic E-state index is 0.0156. The Bertz CT molecular complexity index is 2560. The number of esters is 2. The molecule has 3 fully saturated rings. The topological polar surface area (TPSA) is 216 Å². The number of anilines is 2. The molecule has 3 aliphatic carbocycles. The van der Waals surface area contributed by atoms with E-state index < -0.39 is 12.1 Å². The minimum Gasteiger partial charge on any atom is -0.465 e. The number of carbonyl (C=O) groups is 4. The third-order valence-corrected chi connectivity index (χ3v) is 17.8. The monoisotopic (exact) mass is 1060 g/mol. The van der Waals surface area contributed by atoms with E-state index in [4.69, 9.17) is 15.2 Å². The van der Waals surface area contributed by atoms with Gasteiger partial charge in [0.1, 0.15) is 5.75 Å². The van der Waals surface area contributed by atoms with Gasteiger partial charge in [-0.2, -0.15) is 9.97 Å². The number of nitrogen functional groups attached to an aromatic ring is 1. The molecule has 2 aromatic heterocycles. The molecule has 1 unspecified atom stereocenters. The first kappa shape index (κ1) is 54.4. The number of piperidine rings is 1. The highest BCUT2D eigenvalue weighted by molar-refractivity contribution is 8.76. The van der Waals surface area contributed by atoms with E-state index in [0.29, 0.717) is 83.4 Å². The number of aliphatic hydroxyl groups excluding tert-OH is 1. The molecule has 6 N–H and O–H groups in total. The van der Waals surface area contributed by atoms with Gasteiger partial charge in [0.05, 0.1) is 37.2 Å². The summed E-state index contributed by atoms with van der Waals surface area (Å²) in [5, 5.41) is 21.7. The Balaban J connectivity index is 0.748. The molecular weight excluding hydrogens is 983 g/mol. The predicted molar refractivity (Wildman–Crippen MR) is 292 cm³/mol. The lowest BCUT2D eigenvalue weighted by atomic mass is 9.72. The fourth-order valence-electron chi connectivity index (χ4n) is 10.1. The van der Waals surface area contributed by atoms with Crippen LogP contribution in [0.25, 0.3) is 11.2 Å². The number of ether oxygens (including phenoxy) is 2. The number of carbonyl (C=O) groups excluding carboxylic acids is 4. The molecule has 16 nitrogen and oxygen atoms in total. The minimum atomic E-state index is -0.962. The predicted octanol–water partition coefficient (Wildman–Crippen LogP) is 8.55.